The van der Waals surface area contributed by atoms with Crippen molar-refractivity contribution >= 4 is 15.9 Å². The average molecular weight is 195 g/mol. The third-order valence-corrected chi connectivity index (χ3v) is 1.91. The zero-order valence-electron chi connectivity index (χ0n) is 6.36. The molecule has 0 rings (SSSR count). The molecule has 0 aromatic rings. The zero-order valence-corrected chi connectivity index (χ0v) is 7.94. The Bertz CT molecular complexity index is 63.9. The van der Waals surface area contributed by atoms with E-state index in [1.54, 1.807) is 0 Å². The molecule has 0 saturated heterocycles. The minimum atomic E-state index is 0.384. The maximum atomic E-state index is 5.41. The summed E-state index contributed by atoms with van der Waals surface area (Å²) in [6, 6.07) is 0. The Morgan fingerprint density at radius 3 is 2.11 bits per heavy atom. The molecule has 2 heteroatoms. The second-order valence-electron chi connectivity index (χ2n) is 2.39. The minimum absolute atomic E-state index is 0.384. The van der Waals surface area contributed by atoms with Crippen molar-refractivity contribution in [1.82, 2.24) is 0 Å². The molecule has 0 aliphatic heterocycles. The summed E-state index contributed by atoms with van der Waals surface area (Å²) in [6.07, 6.45) is 0.384. The molecular formula is C7H15BrO. The molecule has 1 atom stereocenters. The van der Waals surface area contributed by atoms with Crippen LogP contribution in [0.15, 0.2) is 0 Å². The van der Waals surface area contributed by atoms with Crippen molar-refractivity contribution in [3.8, 4) is 0 Å². The first-order valence-electron chi connectivity index (χ1n) is 3.40. The summed E-state index contributed by atoms with van der Waals surface area (Å²) in [5.41, 5.74) is 0. The number of halogens is 1. The minimum Gasteiger partial charge on any atom is -0.377 e. The number of hydrogen-bond acceptors (Lipinski definition) is 1. The van der Waals surface area contributed by atoms with Gasteiger partial charge in [0, 0.05) is 11.9 Å². The molecule has 0 aliphatic carbocycles. The van der Waals surface area contributed by atoms with Gasteiger partial charge in [0.1, 0.15) is 0 Å². The Labute approximate surface area is 65.9 Å². The van der Waals surface area contributed by atoms with E-state index in [1.807, 2.05) is 6.92 Å². The van der Waals surface area contributed by atoms with Crippen LogP contribution in [0.5, 0.6) is 0 Å². The van der Waals surface area contributed by atoms with E-state index in [9.17, 15) is 0 Å². The third-order valence-electron chi connectivity index (χ3n) is 1.28. The SMILES string of the molecule is CCOC(CBr)C(C)C. The van der Waals surface area contributed by atoms with Crippen LogP contribution in [0.3, 0.4) is 0 Å². The quantitative estimate of drug-likeness (QED) is 0.626. The smallest absolute Gasteiger partial charge is 0.0694 e. The molecule has 0 bridgehead atoms. The molecule has 0 N–H and O–H groups in total. The van der Waals surface area contributed by atoms with Crippen LogP contribution in [0.2, 0.25) is 0 Å². The van der Waals surface area contributed by atoms with E-state index < -0.39 is 0 Å². The van der Waals surface area contributed by atoms with Crippen molar-refractivity contribution < 1.29 is 4.74 Å². The number of rotatable bonds is 4. The van der Waals surface area contributed by atoms with Crippen molar-refractivity contribution in [2.45, 2.75) is 26.9 Å². The molecule has 1 unspecified atom stereocenters. The van der Waals surface area contributed by atoms with Crippen LogP contribution in [0.4, 0.5) is 0 Å². The van der Waals surface area contributed by atoms with Gasteiger partial charge in [-0.25, -0.2) is 0 Å². The highest BCUT2D eigenvalue weighted by Crippen LogP contribution is 2.08. The van der Waals surface area contributed by atoms with Gasteiger partial charge in [-0.05, 0) is 12.8 Å². The fourth-order valence-electron chi connectivity index (χ4n) is 0.629. The van der Waals surface area contributed by atoms with Crippen LogP contribution in [0, 0.1) is 5.92 Å². The lowest BCUT2D eigenvalue weighted by atomic mass is 10.1. The van der Waals surface area contributed by atoms with Crippen LogP contribution in [0.1, 0.15) is 20.8 Å². The number of hydrogen-bond donors (Lipinski definition) is 0. The fraction of sp³-hybridized carbons (Fsp3) is 1.00. The van der Waals surface area contributed by atoms with Crippen molar-refractivity contribution in [3.05, 3.63) is 0 Å². The highest BCUT2D eigenvalue weighted by molar-refractivity contribution is 9.09. The number of alkyl halides is 1. The molecule has 0 aromatic heterocycles. The summed E-state index contributed by atoms with van der Waals surface area (Å²) in [4.78, 5) is 0. The normalized spacial score (nSPS) is 14.3. The van der Waals surface area contributed by atoms with Gasteiger partial charge in [-0.3, -0.25) is 0 Å². The van der Waals surface area contributed by atoms with Gasteiger partial charge in [-0.15, -0.1) is 0 Å². The highest BCUT2D eigenvalue weighted by Gasteiger charge is 2.09. The molecule has 0 saturated carbocycles. The Morgan fingerprint density at radius 2 is 2.00 bits per heavy atom. The molecule has 0 aromatic carbocycles. The molecule has 0 spiro atoms. The average Bonchev–Trinajstić information content (AvgIpc) is 1.82. The van der Waals surface area contributed by atoms with Crippen LogP contribution in [0.25, 0.3) is 0 Å². The first-order valence-corrected chi connectivity index (χ1v) is 4.52. The van der Waals surface area contributed by atoms with E-state index in [0.717, 1.165) is 11.9 Å². The highest BCUT2D eigenvalue weighted by atomic mass is 79.9. The van der Waals surface area contributed by atoms with E-state index >= 15 is 0 Å². The number of ether oxygens (including phenoxy) is 1. The summed E-state index contributed by atoms with van der Waals surface area (Å²) < 4.78 is 5.41. The second kappa shape index (κ2) is 5.24. The Kier molecular flexibility index (Phi) is 5.50. The molecule has 0 radical (unpaired) electrons. The van der Waals surface area contributed by atoms with Crippen molar-refractivity contribution in [3.63, 3.8) is 0 Å². The fourth-order valence-corrected chi connectivity index (χ4v) is 1.56. The predicted molar refractivity (Wildman–Crippen MR) is 44.0 cm³/mol. The van der Waals surface area contributed by atoms with E-state index in [-0.39, 0.29) is 0 Å². The van der Waals surface area contributed by atoms with Crippen LogP contribution >= 0.6 is 15.9 Å². The predicted octanol–water partition coefficient (Wildman–Crippen LogP) is 2.44. The molecule has 0 fully saturated rings. The van der Waals surface area contributed by atoms with E-state index in [4.69, 9.17) is 4.74 Å². The van der Waals surface area contributed by atoms with E-state index in [1.165, 1.54) is 0 Å². The lowest BCUT2D eigenvalue weighted by molar-refractivity contribution is 0.0486. The topological polar surface area (TPSA) is 9.23 Å². The molecule has 0 amide bonds. The zero-order chi connectivity index (χ0) is 7.28. The van der Waals surface area contributed by atoms with Gasteiger partial charge >= 0.3 is 0 Å². The maximum absolute atomic E-state index is 5.41. The molecular weight excluding hydrogens is 180 g/mol. The lowest BCUT2D eigenvalue weighted by Gasteiger charge is -2.17. The van der Waals surface area contributed by atoms with Gasteiger partial charge in [0.2, 0.25) is 0 Å². The lowest BCUT2D eigenvalue weighted by Crippen LogP contribution is -2.20. The Hall–Kier alpha value is 0.440. The summed E-state index contributed by atoms with van der Waals surface area (Å²) >= 11 is 3.39. The second-order valence-corrected chi connectivity index (χ2v) is 3.04. The van der Waals surface area contributed by atoms with Gasteiger partial charge in [-0.2, -0.15) is 0 Å². The summed E-state index contributed by atoms with van der Waals surface area (Å²) in [5.74, 6) is 0.615. The third kappa shape index (κ3) is 3.93. The van der Waals surface area contributed by atoms with Crippen LogP contribution < -0.4 is 0 Å². The van der Waals surface area contributed by atoms with Crippen molar-refractivity contribution in [1.29, 1.82) is 0 Å². The van der Waals surface area contributed by atoms with Crippen LogP contribution in [-0.2, 0) is 4.74 Å². The van der Waals surface area contributed by atoms with Gasteiger partial charge in [-0.1, -0.05) is 29.8 Å². The van der Waals surface area contributed by atoms with Crippen LogP contribution in [-0.4, -0.2) is 18.0 Å². The Balaban J connectivity index is 3.41. The Morgan fingerprint density at radius 1 is 1.44 bits per heavy atom. The monoisotopic (exact) mass is 194 g/mol. The van der Waals surface area contributed by atoms with Gasteiger partial charge in [0.05, 0.1) is 6.10 Å². The molecule has 0 aliphatic rings. The van der Waals surface area contributed by atoms with Gasteiger partial charge in [0.25, 0.3) is 0 Å². The first-order chi connectivity index (χ1) is 4.22. The standard InChI is InChI=1S/C7H15BrO/c1-4-9-7(5-8)6(2)3/h6-7H,4-5H2,1-3H3. The maximum Gasteiger partial charge on any atom is 0.0694 e. The summed E-state index contributed by atoms with van der Waals surface area (Å²) in [7, 11) is 0. The van der Waals surface area contributed by atoms with Crippen molar-refractivity contribution in [2.24, 2.45) is 5.92 Å². The largest absolute Gasteiger partial charge is 0.377 e. The molecule has 1 nitrogen and oxygen atoms in total. The van der Waals surface area contributed by atoms with Crippen molar-refractivity contribution in [2.75, 3.05) is 11.9 Å². The molecule has 56 valence electrons. The van der Waals surface area contributed by atoms with E-state index in [0.29, 0.717) is 12.0 Å². The summed E-state index contributed by atoms with van der Waals surface area (Å²) in [5, 5.41) is 0.943. The van der Waals surface area contributed by atoms with Gasteiger partial charge in [0.15, 0.2) is 0 Å². The van der Waals surface area contributed by atoms with Gasteiger partial charge < -0.3 is 4.74 Å². The first kappa shape index (κ1) is 9.44. The molecule has 0 heterocycles. The molecule has 9 heavy (non-hydrogen) atoms. The summed E-state index contributed by atoms with van der Waals surface area (Å²) in [6.45, 7) is 7.18. The van der Waals surface area contributed by atoms with E-state index in [2.05, 4.69) is 29.8 Å².